The van der Waals surface area contributed by atoms with E-state index in [-0.39, 0.29) is 29.4 Å². The summed E-state index contributed by atoms with van der Waals surface area (Å²) in [5, 5.41) is 8.97. The van der Waals surface area contributed by atoms with Crippen molar-refractivity contribution in [3.8, 4) is 0 Å². The highest BCUT2D eigenvalue weighted by Gasteiger charge is 2.21. The molecule has 5 nitrogen and oxygen atoms in total. The Morgan fingerprint density at radius 3 is 2.72 bits per heavy atom. The number of nitrogens with one attached hydrogen (secondary N) is 2. The third kappa shape index (κ3) is 6.97. The van der Waals surface area contributed by atoms with E-state index in [0.29, 0.717) is 0 Å². The van der Waals surface area contributed by atoms with Crippen molar-refractivity contribution >= 4 is 41.3 Å². The van der Waals surface area contributed by atoms with E-state index in [2.05, 4.69) is 56.5 Å². The molecule has 0 saturated carbocycles. The Hall–Kier alpha value is -1.09. The smallest absolute Gasteiger partial charge is 0.191 e. The van der Waals surface area contributed by atoms with Gasteiger partial charge in [0.15, 0.2) is 5.96 Å². The average molecular weight is 475 g/mol. The molecule has 0 bridgehead atoms. The Morgan fingerprint density at radius 2 is 2.12 bits per heavy atom. The van der Waals surface area contributed by atoms with E-state index in [9.17, 15) is 0 Å². The summed E-state index contributed by atoms with van der Waals surface area (Å²) < 4.78 is 2.19. The summed E-state index contributed by atoms with van der Waals surface area (Å²) in [6.07, 6.45) is 6.12. The zero-order chi connectivity index (χ0) is 17.4. The number of thiophene rings is 1. The van der Waals surface area contributed by atoms with E-state index in [1.165, 1.54) is 4.88 Å². The Bertz CT molecular complexity index is 634. The Labute approximate surface area is 172 Å². The molecule has 2 aromatic rings. The molecule has 0 aromatic carbocycles. The van der Waals surface area contributed by atoms with Gasteiger partial charge >= 0.3 is 0 Å². The molecule has 0 amide bonds. The van der Waals surface area contributed by atoms with Crippen LogP contribution >= 0.6 is 35.3 Å². The first-order valence-corrected chi connectivity index (χ1v) is 9.37. The van der Waals surface area contributed by atoms with E-state index >= 15 is 0 Å². The number of imidazole rings is 1. The second kappa shape index (κ2) is 10.8. The van der Waals surface area contributed by atoms with Gasteiger partial charge < -0.3 is 15.2 Å². The Kier molecular flexibility index (Phi) is 9.48. The molecule has 2 N–H and O–H groups in total. The van der Waals surface area contributed by atoms with Gasteiger partial charge in [0.2, 0.25) is 0 Å². The number of halogens is 1. The van der Waals surface area contributed by atoms with Crippen molar-refractivity contribution in [1.82, 2.24) is 20.2 Å². The van der Waals surface area contributed by atoms with Crippen LogP contribution in [0.1, 0.15) is 37.4 Å². The molecule has 0 aliphatic carbocycles. The average Bonchev–Trinajstić information content (AvgIpc) is 3.22. The van der Waals surface area contributed by atoms with Crippen LogP contribution in [-0.2, 0) is 12.0 Å². The van der Waals surface area contributed by atoms with E-state index in [0.717, 1.165) is 44.3 Å². The van der Waals surface area contributed by atoms with Gasteiger partial charge in [-0.2, -0.15) is 0 Å². The summed E-state index contributed by atoms with van der Waals surface area (Å²) in [7, 11) is 1.82. The van der Waals surface area contributed by atoms with Crippen LogP contribution in [-0.4, -0.2) is 35.6 Å². The van der Waals surface area contributed by atoms with Crippen molar-refractivity contribution in [3.63, 3.8) is 0 Å². The number of aryl methyl sites for hydroxylation is 2. The lowest BCUT2D eigenvalue weighted by Crippen LogP contribution is -2.43. The molecule has 0 radical (unpaired) electrons. The fourth-order valence-corrected chi connectivity index (χ4v) is 3.38. The van der Waals surface area contributed by atoms with Crippen LogP contribution in [0.25, 0.3) is 0 Å². The fraction of sp³-hybridized carbons (Fsp3) is 0.556. The van der Waals surface area contributed by atoms with Crippen LogP contribution in [0.5, 0.6) is 0 Å². The zero-order valence-corrected chi connectivity index (χ0v) is 18.7. The van der Waals surface area contributed by atoms with Crippen LogP contribution in [0, 0.1) is 6.92 Å². The molecule has 0 unspecified atom stereocenters. The van der Waals surface area contributed by atoms with E-state index in [1.54, 1.807) is 11.3 Å². The van der Waals surface area contributed by atoms with Crippen molar-refractivity contribution in [3.05, 3.63) is 40.6 Å². The largest absolute Gasteiger partial charge is 0.356 e. The lowest BCUT2D eigenvalue weighted by atomic mass is 9.91. The first kappa shape index (κ1) is 22.0. The van der Waals surface area contributed by atoms with Crippen molar-refractivity contribution in [1.29, 1.82) is 0 Å². The van der Waals surface area contributed by atoms with Crippen LogP contribution in [0.3, 0.4) is 0 Å². The molecule has 2 heterocycles. The normalized spacial score (nSPS) is 11.9. The number of guanidine groups is 1. The minimum absolute atomic E-state index is 0. The van der Waals surface area contributed by atoms with Gasteiger partial charge in [0.05, 0.1) is 0 Å². The number of unbranched alkanes of at least 4 members (excludes halogenated alkanes) is 1. The van der Waals surface area contributed by atoms with Gasteiger partial charge in [-0.25, -0.2) is 4.98 Å². The molecule has 0 aliphatic heterocycles. The van der Waals surface area contributed by atoms with E-state index < -0.39 is 0 Å². The number of rotatable bonds is 8. The second-order valence-corrected chi connectivity index (χ2v) is 7.54. The van der Waals surface area contributed by atoms with Crippen molar-refractivity contribution in [2.24, 2.45) is 4.99 Å². The Balaban J connectivity index is 0.00000312. The van der Waals surface area contributed by atoms with Gasteiger partial charge in [-0.05, 0) is 31.2 Å². The second-order valence-electron chi connectivity index (χ2n) is 6.59. The lowest BCUT2D eigenvalue weighted by Gasteiger charge is -2.25. The summed E-state index contributed by atoms with van der Waals surface area (Å²) in [6.45, 7) is 9.36. The minimum Gasteiger partial charge on any atom is -0.356 e. The molecule has 0 aliphatic rings. The number of aromatic nitrogens is 2. The number of hydrogen-bond acceptors (Lipinski definition) is 3. The number of nitrogens with zero attached hydrogens (tertiary/aromatic N) is 3. The summed E-state index contributed by atoms with van der Waals surface area (Å²) in [5.74, 6) is 1.95. The quantitative estimate of drug-likeness (QED) is 0.264. The monoisotopic (exact) mass is 475 g/mol. The summed E-state index contributed by atoms with van der Waals surface area (Å²) in [5.41, 5.74) is 0.102. The maximum atomic E-state index is 4.32. The summed E-state index contributed by atoms with van der Waals surface area (Å²) in [6, 6.07) is 4.30. The number of aliphatic imine (C=N–C) groups is 1. The highest BCUT2D eigenvalue weighted by molar-refractivity contribution is 14.0. The molecular weight excluding hydrogens is 445 g/mol. The standard InChI is InChI=1S/C18H29N5S.HI/c1-15-20-10-12-23(15)11-6-5-9-21-17(19-4)22-14-18(2,3)16-8-7-13-24-16;/h7-8,10,12-13H,5-6,9,11,14H2,1-4H3,(H2,19,21,22);1H. The molecule has 25 heavy (non-hydrogen) atoms. The lowest BCUT2D eigenvalue weighted by molar-refractivity contribution is 0.517. The molecule has 0 atom stereocenters. The molecule has 0 fully saturated rings. The van der Waals surface area contributed by atoms with E-state index in [4.69, 9.17) is 0 Å². The fourth-order valence-electron chi connectivity index (χ4n) is 2.53. The highest BCUT2D eigenvalue weighted by atomic mass is 127. The maximum absolute atomic E-state index is 4.32. The summed E-state index contributed by atoms with van der Waals surface area (Å²) >= 11 is 1.81. The van der Waals surface area contributed by atoms with Gasteiger partial charge in [0, 0.05) is 49.4 Å². The first-order valence-electron chi connectivity index (χ1n) is 8.49. The maximum Gasteiger partial charge on any atom is 0.191 e. The molecule has 2 aromatic heterocycles. The molecule has 2 rings (SSSR count). The topological polar surface area (TPSA) is 54.2 Å². The third-order valence-corrected chi connectivity index (χ3v) is 5.39. The van der Waals surface area contributed by atoms with Crippen LogP contribution < -0.4 is 10.6 Å². The van der Waals surface area contributed by atoms with Crippen molar-refractivity contribution in [2.45, 2.75) is 45.6 Å². The molecule has 7 heteroatoms. The summed E-state index contributed by atoms with van der Waals surface area (Å²) in [4.78, 5) is 9.95. The van der Waals surface area contributed by atoms with Gasteiger partial charge in [0.1, 0.15) is 5.82 Å². The molecule has 0 saturated heterocycles. The van der Waals surface area contributed by atoms with Gasteiger partial charge in [-0.15, -0.1) is 35.3 Å². The van der Waals surface area contributed by atoms with Gasteiger partial charge in [0.25, 0.3) is 0 Å². The molecule has 0 spiro atoms. The predicted octanol–water partition coefficient (Wildman–Crippen LogP) is 3.79. The predicted molar refractivity (Wildman–Crippen MR) is 118 cm³/mol. The van der Waals surface area contributed by atoms with Gasteiger partial charge in [-0.1, -0.05) is 19.9 Å². The van der Waals surface area contributed by atoms with Crippen molar-refractivity contribution < 1.29 is 0 Å². The molecule has 140 valence electrons. The van der Waals surface area contributed by atoms with Crippen LogP contribution in [0.15, 0.2) is 34.9 Å². The SMILES string of the molecule is CN=C(NCCCCn1ccnc1C)NCC(C)(C)c1cccs1.I. The first-order chi connectivity index (χ1) is 11.5. The van der Waals surface area contributed by atoms with Crippen LogP contribution in [0.2, 0.25) is 0 Å². The van der Waals surface area contributed by atoms with Crippen LogP contribution in [0.4, 0.5) is 0 Å². The van der Waals surface area contributed by atoms with Gasteiger partial charge in [-0.3, -0.25) is 4.99 Å². The Morgan fingerprint density at radius 1 is 1.32 bits per heavy atom. The minimum atomic E-state index is 0. The number of hydrogen-bond donors (Lipinski definition) is 2. The van der Waals surface area contributed by atoms with Crippen molar-refractivity contribution in [2.75, 3.05) is 20.1 Å². The zero-order valence-electron chi connectivity index (χ0n) is 15.6. The van der Waals surface area contributed by atoms with E-state index in [1.807, 2.05) is 26.4 Å². The third-order valence-electron chi connectivity index (χ3n) is 4.15. The molecular formula is C18H30IN5S. The highest BCUT2D eigenvalue weighted by Crippen LogP contribution is 2.26.